The number of anilines is 1. The van der Waals surface area contributed by atoms with Crippen LogP contribution in [-0.2, 0) is 26.2 Å². The molecule has 1 atom stereocenters. The number of rotatable bonds is 12. The monoisotopic (exact) mass is 569 g/mol. The first-order valence-electron chi connectivity index (χ1n) is 13.0. The lowest BCUT2D eigenvalue weighted by molar-refractivity contribution is -0.139. The lowest BCUT2D eigenvalue weighted by Crippen LogP contribution is -2.51. The first-order chi connectivity index (χ1) is 18.5. The first-order valence-corrected chi connectivity index (χ1v) is 14.8. The number of nitrogens with zero attached hydrogens (tertiary/aromatic N) is 2. The third kappa shape index (κ3) is 8.07. The molecule has 0 saturated heterocycles. The van der Waals surface area contributed by atoms with Crippen LogP contribution in [0.25, 0.3) is 0 Å². The molecule has 7 nitrogen and oxygen atoms in total. The molecule has 3 aromatic carbocycles. The molecule has 0 fully saturated rings. The minimum Gasteiger partial charge on any atom is -0.354 e. The molecule has 39 heavy (non-hydrogen) atoms. The van der Waals surface area contributed by atoms with Crippen molar-refractivity contribution in [1.29, 1.82) is 0 Å². The molecule has 0 saturated carbocycles. The van der Waals surface area contributed by atoms with Gasteiger partial charge >= 0.3 is 0 Å². The largest absolute Gasteiger partial charge is 0.354 e. The van der Waals surface area contributed by atoms with E-state index < -0.39 is 28.5 Å². The summed E-state index contributed by atoms with van der Waals surface area (Å²) in [6.45, 7) is 7.53. The molecule has 1 N–H and O–H groups in total. The predicted octanol–water partition coefficient (Wildman–Crippen LogP) is 5.49. The second-order valence-corrected chi connectivity index (χ2v) is 11.9. The molecule has 3 rings (SSSR count). The van der Waals surface area contributed by atoms with Crippen LogP contribution in [0, 0.1) is 13.8 Å². The van der Waals surface area contributed by atoms with Gasteiger partial charge < -0.3 is 10.2 Å². The zero-order chi connectivity index (χ0) is 28.6. The molecule has 0 spiro atoms. The van der Waals surface area contributed by atoms with Crippen LogP contribution in [0.3, 0.4) is 0 Å². The Balaban J connectivity index is 2.02. The zero-order valence-corrected chi connectivity index (χ0v) is 24.4. The summed E-state index contributed by atoms with van der Waals surface area (Å²) in [5.74, 6) is -0.811. The van der Waals surface area contributed by atoms with Crippen molar-refractivity contribution in [2.24, 2.45) is 0 Å². The van der Waals surface area contributed by atoms with Crippen LogP contribution in [0.5, 0.6) is 0 Å². The van der Waals surface area contributed by atoms with Crippen molar-refractivity contribution in [3.8, 4) is 0 Å². The lowest BCUT2D eigenvalue weighted by atomic mass is 10.1. The van der Waals surface area contributed by atoms with Gasteiger partial charge in [-0.3, -0.25) is 13.9 Å². The summed E-state index contributed by atoms with van der Waals surface area (Å²) in [5.41, 5.74) is 2.84. The molecule has 0 unspecified atom stereocenters. The third-order valence-corrected chi connectivity index (χ3v) is 8.37. The molecule has 0 aliphatic heterocycles. The Labute approximate surface area is 236 Å². The van der Waals surface area contributed by atoms with Gasteiger partial charge in [-0.25, -0.2) is 8.42 Å². The van der Waals surface area contributed by atoms with Gasteiger partial charge in [0, 0.05) is 18.1 Å². The highest BCUT2D eigenvalue weighted by molar-refractivity contribution is 7.92. The van der Waals surface area contributed by atoms with Crippen LogP contribution in [0.2, 0.25) is 5.02 Å². The molecule has 0 bridgehead atoms. The fourth-order valence-corrected chi connectivity index (χ4v) is 5.93. The first kappa shape index (κ1) is 30.2. The Bertz CT molecular complexity index is 1380. The Hall–Kier alpha value is -3.36. The number of halogens is 1. The number of amides is 2. The molecular weight excluding hydrogens is 534 g/mol. The smallest absolute Gasteiger partial charge is 0.264 e. The standard InChI is InChI=1S/C30H36ClN3O4S/c1-5-6-15-32-30(36)24(4)33(20-25-11-10-12-26(31)19-25)29(35)21-34(27-17-22(2)16-23(3)18-27)39(37,38)28-13-8-7-9-14-28/h7-14,16-19,24H,5-6,15,20-21H2,1-4H3,(H,32,36)/t24-/m1/s1. The SMILES string of the molecule is CCCCNC(=O)[C@@H](C)N(Cc1cccc(Cl)c1)C(=O)CN(c1cc(C)cc(C)c1)S(=O)(=O)c1ccccc1. The van der Waals surface area contributed by atoms with Crippen LogP contribution in [0.4, 0.5) is 5.69 Å². The number of aryl methyl sites for hydroxylation is 2. The van der Waals surface area contributed by atoms with Gasteiger partial charge in [-0.1, -0.05) is 61.3 Å². The maximum absolute atomic E-state index is 13.9. The Morgan fingerprint density at radius 3 is 2.23 bits per heavy atom. The number of sulfonamides is 1. The maximum Gasteiger partial charge on any atom is 0.264 e. The molecule has 0 aliphatic carbocycles. The zero-order valence-electron chi connectivity index (χ0n) is 22.9. The number of hydrogen-bond acceptors (Lipinski definition) is 4. The van der Waals surface area contributed by atoms with E-state index in [4.69, 9.17) is 11.6 Å². The van der Waals surface area contributed by atoms with Gasteiger partial charge in [0.2, 0.25) is 11.8 Å². The summed E-state index contributed by atoms with van der Waals surface area (Å²) < 4.78 is 28.8. The van der Waals surface area contributed by atoms with Crippen LogP contribution < -0.4 is 9.62 Å². The summed E-state index contributed by atoms with van der Waals surface area (Å²) in [6, 6.07) is 19.6. The highest BCUT2D eigenvalue weighted by atomic mass is 35.5. The van der Waals surface area contributed by atoms with Crippen molar-refractivity contribution < 1.29 is 18.0 Å². The second-order valence-electron chi connectivity index (χ2n) is 9.64. The quantitative estimate of drug-likeness (QED) is 0.292. The molecule has 2 amide bonds. The summed E-state index contributed by atoms with van der Waals surface area (Å²) in [7, 11) is -4.10. The van der Waals surface area contributed by atoms with E-state index in [0.717, 1.165) is 33.8 Å². The van der Waals surface area contributed by atoms with E-state index in [1.165, 1.54) is 17.0 Å². The highest BCUT2D eigenvalue weighted by Crippen LogP contribution is 2.26. The number of carbonyl (C=O) groups excluding carboxylic acids is 2. The van der Waals surface area contributed by atoms with Crippen molar-refractivity contribution in [2.75, 3.05) is 17.4 Å². The lowest BCUT2D eigenvalue weighted by Gasteiger charge is -2.32. The van der Waals surface area contributed by atoms with Crippen LogP contribution in [0.15, 0.2) is 77.7 Å². The van der Waals surface area contributed by atoms with Gasteiger partial charge in [0.05, 0.1) is 10.6 Å². The molecule has 3 aromatic rings. The number of hydrogen-bond donors (Lipinski definition) is 1. The molecule has 208 valence electrons. The van der Waals surface area contributed by atoms with E-state index in [1.807, 2.05) is 32.9 Å². The summed E-state index contributed by atoms with van der Waals surface area (Å²) in [4.78, 5) is 28.4. The van der Waals surface area contributed by atoms with E-state index in [-0.39, 0.29) is 17.3 Å². The highest BCUT2D eigenvalue weighted by Gasteiger charge is 2.32. The Kier molecular flexibility index (Phi) is 10.5. The number of nitrogens with one attached hydrogen (secondary N) is 1. The fourth-order valence-electron chi connectivity index (χ4n) is 4.29. The van der Waals surface area contributed by atoms with Gasteiger partial charge in [-0.2, -0.15) is 0 Å². The summed E-state index contributed by atoms with van der Waals surface area (Å²) >= 11 is 6.19. The third-order valence-electron chi connectivity index (χ3n) is 6.34. The second kappa shape index (κ2) is 13.6. The summed E-state index contributed by atoms with van der Waals surface area (Å²) in [5, 5.41) is 3.38. The van der Waals surface area contributed by atoms with Crippen molar-refractivity contribution in [3.05, 3.63) is 94.5 Å². The average Bonchev–Trinajstić information content (AvgIpc) is 2.89. The Morgan fingerprint density at radius 1 is 0.949 bits per heavy atom. The van der Waals surface area contributed by atoms with E-state index in [9.17, 15) is 18.0 Å². The average molecular weight is 570 g/mol. The maximum atomic E-state index is 13.9. The topological polar surface area (TPSA) is 86.8 Å². The normalized spacial score (nSPS) is 12.0. The Morgan fingerprint density at radius 2 is 1.62 bits per heavy atom. The van der Waals surface area contributed by atoms with Crippen molar-refractivity contribution in [1.82, 2.24) is 10.2 Å². The number of unbranched alkanes of at least 4 members (excludes halogenated alkanes) is 1. The minimum absolute atomic E-state index is 0.0729. The molecular formula is C30H36ClN3O4S. The summed E-state index contributed by atoms with van der Waals surface area (Å²) in [6.07, 6.45) is 1.73. The van der Waals surface area contributed by atoms with Gasteiger partial charge in [0.1, 0.15) is 12.6 Å². The predicted molar refractivity (Wildman–Crippen MR) is 156 cm³/mol. The fraction of sp³-hybridized carbons (Fsp3) is 0.333. The van der Waals surface area contributed by atoms with E-state index in [0.29, 0.717) is 17.3 Å². The van der Waals surface area contributed by atoms with Gasteiger partial charge in [0.15, 0.2) is 0 Å². The molecule has 0 aliphatic rings. The molecule has 9 heteroatoms. The number of benzene rings is 3. The van der Waals surface area contributed by atoms with E-state index in [1.54, 1.807) is 55.5 Å². The van der Waals surface area contributed by atoms with E-state index >= 15 is 0 Å². The van der Waals surface area contributed by atoms with Crippen molar-refractivity contribution in [2.45, 2.75) is 58.0 Å². The minimum atomic E-state index is -4.10. The van der Waals surface area contributed by atoms with Crippen LogP contribution >= 0.6 is 11.6 Å². The molecule has 0 heterocycles. The van der Waals surface area contributed by atoms with Gasteiger partial charge in [-0.15, -0.1) is 0 Å². The molecule has 0 aromatic heterocycles. The van der Waals surface area contributed by atoms with E-state index in [2.05, 4.69) is 5.32 Å². The number of carbonyl (C=O) groups is 2. The molecule has 0 radical (unpaired) electrons. The van der Waals surface area contributed by atoms with Gasteiger partial charge in [0.25, 0.3) is 10.0 Å². The van der Waals surface area contributed by atoms with Crippen LogP contribution in [0.1, 0.15) is 43.4 Å². The van der Waals surface area contributed by atoms with Crippen LogP contribution in [-0.4, -0.2) is 44.3 Å². The van der Waals surface area contributed by atoms with Crippen molar-refractivity contribution in [3.63, 3.8) is 0 Å². The van der Waals surface area contributed by atoms with Crippen molar-refractivity contribution >= 4 is 39.1 Å². The van der Waals surface area contributed by atoms with Gasteiger partial charge in [-0.05, 0) is 80.3 Å².